The van der Waals surface area contributed by atoms with Gasteiger partial charge in [-0.1, -0.05) is 0 Å². The van der Waals surface area contributed by atoms with Crippen molar-refractivity contribution in [1.29, 1.82) is 0 Å². The number of benzene rings is 2. The van der Waals surface area contributed by atoms with E-state index < -0.39 is 0 Å². The molecular formula is C16H19NO4. The third-order valence-electron chi connectivity index (χ3n) is 2.95. The molecule has 0 aromatic heterocycles. The summed E-state index contributed by atoms with van der Waals surface area (Å²) in [5.74, 6) is 2.72. The van der Waals surface area contributed by atoms with Gasteiger partial charge in [-0.25, -0.2) is 0 Å². The first-order valence-corrected chi connectivity index (χ1v) is 6.44. The molecular weight excluding hydrogens is 270 g/mol. The van der Waals surface area contributed by atoms with Gasteiger partial charge in [0.25, 0.3) is 0 Å². The van der Waals surface area contributed by atoms with Crippen LogP contribution in [0, 0.1) is 0 Å². The molecule has 2 aromatic carbocycles. The van der Waals surface area contributed by atoms with Crippen LogP contribution in [0.3, 0.4) is 0 Å². The van der Waals surface area contributed by atoms with E-state index >= 15 is 0 Å². The quantitative estimate of drug-likeness (QED) is 0.828. The lowest BCUT2D eigenvalue weighted by molar-refractivity contribution is 0.299. The van der Waals surface area contributed by atoms with Gasteiger partial charge in [0.05, 0.1) is 21.3 Å². The predicted octanol–water partition coefficient (Wildman–Crippen LogP) is 2.87. The minimum atomic E-state index is 0.373. The fourth-order valence-electron chi connectivity index (χ4n) is 1.92. The van der Waals surface area contributed by atoms with Crippen LogP contribution in [-0.2, 0) is 6.61 Å². The van der Waals surface area contributed by atoms with Gasteiger partial charge in [-0.05, 0) is 17.7 Å². The summed E-state index contributed by atoms with van der Waals surface area (Å²) >= 11 is 0. The second-order valence-corrected chi connectivity index (χ2v) is 4.45. The molecule has 2 rings (SSSR count). The molecule has 0 unspecified atom stereocenters. The number of hydrogen-bond acceptors (Lipinski definition) is 5. The molecule has 0 radical (unpaired) electrons. The number of ether oxygens (including phenoxy) is 4. The predicted molar refractivity (Wildman–Crippen MR) is 81.3 cm³/mol. The largest absolute Gasteiger partial charge is 0.497 e. The summed E-state index contributed by atoms with van der Waals surface area (Å²) in [4.78, 5) is 0. The number of nitrogens with two attached hydrogens (primary N) is 1. The first kappa shape index (κ1) is 14.8. The highest BCUT2D eigenvalue weighted by Crippen LogP contribution is 2.28. The maximum absolute atomic E-state index is 5.82. The van der Waals surface area contributed by atoms with E-state index in [1.54, 1.807) is 45.6 Å². The Balaban J connectivity index is 2.14. The highest BCUT2D eigenvalue weighted by Gasteiger charge is 2.05. The SMILES string of the molecule is COc1cc(N)cc(COc2cc(OC)cc(OC)c2)c1. The first-order chi connectivity index (χ1) is 10.1. The summed E-state index contributed by atoms with van der Waals surface area (Å²) in [5, 5.41) is 0. The number of anilines is 1. The van der Waals surface area contributed by atoms with E-state index in [4.69, 9.17) is 24.7 Å². The molecule has 0 bridgehead atoms. The highest BCUT2D eigenvalue weighted by molar-refractivity contribution is 5.48. The normalized spacial score (nSPS) is 10.0. The van der Waals surface area contributed by atoms with Crippen molar-refractivity contribution in [2.45, 2.75) is 6.61 Å². The molecule has 21 heavy (non-hydrogen) atoms. The average molecular weight is 289 g/mol. The fraction of sp³-hybridized carbons (Fsp3) is 0.250. The Labute approximate surface area is 124 Å². The molecule has 2 aromatic rings. The van der Waals surface area contributed by atoms with Crippen molar-refractivity contribution >= 4 is 5.69 Å². The van der Waals surface area contributed by atoms with Crippen LogP contribution in [0.2, 0.25) is 0 Å². The van der Waals surface area contributed by atoms with E-state index in [-0.39, 0.29) is 0 Å². The average Bonchev–Trinajstić information content (AvgIpc) is 2.51. The van der Waals surface area contributed by atoms with E-state index in [0.717, 1.165) is 5.56 Å². The first-order valence-electron chi connectivity index (χ1n) is 6.44. The third kappa shape index (κ3) is 3.95. The van der Waals surface area contributed by atoms with Crippen LogP contribution in [0.5, 0.6) is 23.0 Å². The van der Waals surface area contributed by atoms with E-state index in [0.29, 0.717) is 35.3 Å². The minimum Gasteiger partial charge on any atom is -0.497 e. The minimum absolute atomic E-state index is 0.373. The zero-order valence-corrected chi connectivity index (χ0v) is 12.4. The Morgan fingerprint density at radius 2 is 1.24 bits per heavy atom. The Kier molecular flexibility index (Phi) is 4.77. The standard InChI is InChI=1S/C16H19NO4/c1-18-13-5-11(4-12(17)6-13)10-21-16-8-14(19-2)7-15(9-16)20-3/h4-9H,10,17H2,1-3H3. The van der Waals surface area contributed by atoms with Crippen LogP contribution in [0.1, 0.15) is 5.56 Å². The van der Waals surface area contributed by atoms with Crippen LogP contribution in [-0.4, -0.2) is 21.3 Å². The molecule has 0 saturated carbocycles. The molecule has 0 atom stereocenters. The van der Waals surface area contributed by atoms with Gasteiger partial charge in [-0.3, -0.25) is 0 Å². The fourth-order valence-corrected chi connectivity index (χ4v) is 1.92. The molecule has 0 saturated heterocycles. The summed E-state index contributed by atoms with van der Waals surface area (Å²) in [7, 11) is 4.80. The van der Waals surface area contributed by atoms with Gasteiger partial charge in [-0.15, -0.1) is 0 Å². The summed E-state index contributed by atoms with van der Waals surface area (Å²) in [6.45, 7) is 0.373. The van der Waals surface area contributed by atoms with Gasteiger partial charge in [0.1, 0.15) is 29.6 Å². The van der Waals surface area contributed by atoms with Gasteiger partial charge in [0, 0.05) is 30.0 Å². The van der Waals surface area contributed by atoms with Gasteiger partial charge in [-0.2, -0.15) is 0 Å². The summed E-state index contributed by atoms with van der Waals surface area (Å²) in [6, 6.07) is 10.9. The molecule has 0 aliphatic rings. The van der Waals surface area contributed by atoms with Gasteiger partial charge < -0.3 is 24.7 Å². The molecule has 0 spiro atoms. The van der Waals surface area contributed by atoms with Crippen molar-refractivity contribution in [2.24, 2.45) is 0 Å². The second kappa shape index (κ2) is 6.74. The van der Waals surface area contributed by atoms with Crippen LogP contribution >= 0.6 is 0 Å². The molecule has 112 valence electrons. The van der Waals surface area contributed by atoms with E-state index in [1.807, 2.05) is 12.1 Å². The third-order valence-corrected chi connectivity index (χ3v) is 2.95. The van der Waals surface area contributed by atoms with Crippen molar-refractivity contribution in [3.8, 4) is 23.0 Å². The maximum atomic E-state index is 5.82. The van der Waals surface area contributed by atoms with Crippen LogP contribution in [0.25, 0.3) is 0 Å². The number of nitrogen functional groups attached to an aromatic ring is 1. The van der Waals surface area contributed by atoms with Gasteiger partial charge >= 0.3 is 0 Å². The summed E-state index contributed by atoms with van der Waals surface area (Å²) < 4.78 is 21.4. The molecule has 5 heteroatoms. The number of hydrogen-bond donors (Lipinski definition) is 1. The zero-order valence-electron chi connectivity index (χ0n) is 12.4. The Morgan fingerprint density at radius 3 is 1.81 bits per heavy atom. The molecule has 0 heterocycles. The Bertz CT molecular complexity index is 591. The monoisotopic (exact) mass is 289 g/mol. The van der Waals surface area contributed by atoms with E-state index in [9.17, 15) is 0 Å². The lowest BCUT2D eigenvalue weighted by Gasteiger charge is -2.11. The van der Waals surface area contributed by atoms with E-state index in [2.05, 4.69) is 0 Å². The second-order valence-electron chi connectivity index (χ2n) is 4.45. The molecule has 0 fully saturated rings. The van der Waals surface area contributed by atoms with Crippen LogP contribution in [0.15, 0.2) is 36.4 Å². The highest BCUT2D eigenvalue weighted by atomic mass is 16.5. The van der Waals surface area contributed by atoms with Crippen molar-refractivity contribution in [3.05, 3.63) is 42.0 Å². The van der Waals surface area contributed by atoms with Crippen molar-refractivity contribution in [1.82, 2.24) is 0 Å². The Morgan fingerprint density at radius 1 is 0.714 bits per heavy atom. The summed E-state index contributed by atoms with van der Waals surface area (Å²) in [6.07, 6.45) is 0. The van der Waals surface area contributed by atoms with Gasteiger partial charge in [0.15, 0.2) is 0 Å². The topological polar surface area (TPSA) is 62.9 Å². The summed E-state index contributed by atoms with van der Waals surface area (Å²) in [5.41, 5.74) is 7.38. The Hall–Kier alpha value is -2.56. The maximum Gasteiger partial charge on any atom is 0.127 e. The van der Waals surface area contributed by atoms with E-state index in [1.165, 1.54) is 0 Å². The zero-order chi connectivity index (χ0) is 15.2. The molecule has 2 N–H and O–H groups in total. The lowest BCUT2D eigenvalue weighted by atomic mass is 10.2. The molecule has 0 aliphatic heterocycles. The molecule has 0 aliphatic carbocycles. The van der Waals surface area contributed by atoms with Crippen molar-refractivity contribution in [2.75, 3.05) is 27.1 Å². The van der Waals surface area contributed by atoms with Crippen LogP contribution < -0.4 is 24.7 Å². The smallest absolute Gasteiger partial charge is 0.127 e. The number of methoxy groups -OCH3 is 3. The molecule has 0 amide bonds. The van der Waals surface area contributed by atoms with Crippen molar-refractivity contribution < 1.29 is 18.9 Å². The lowest BCUT2D eigenvalue weighted by Crippen LogP contribution is -1.99. The van der Waals surface area contributed by atoms with Crippen LogP contribution in [0.4, 0.5) is 5.69 Å². The molecule has 5 nitrogen and oxygen atoms in total. The van der Waals surface area contributed by atoms with Crippen molar-refractivity contribution in [3.63, 3.8) is 0 Å². The van der Waals surface area contributed by atoms with Gasteiger partial charge in [0.2, 0.25) is 0 Å². The number of rotatable bonds is 6.